The van der Waals surface area contributed by atoms with Gasteiger partial charge in [-0.2, -0.15) is 0 Å². The second kappa shape index (κ2) is 44.4. The minimum Gasteiger partial charge on any atom is -0.463 e. The van der Waals surface area contributed by atoms with Crippen molar-refractivity contribution < 1.29 is 23.8 Å². The maximum atomic E-state index is 13.4. The fraction of sp³-hybridized carbons (Fsp3) is 0.789. The molecule has 0 N–H and O–H groups in total. The molecule has 64 heavy (non-hydrogen) atoms. The second-order valence-electron chi connectivity index (χ2n) is 18.9. The highest BCUT2D eigenvalue weighted by molar-refractivity contribution is 5.76. The third-order valence-corrected chi connectivity index (χ3v) is 12.8. The van der Waals surface area contributed by atoms with Crippen LogP contribution in [0.2, 0.25) is 0 Å². The molecule has 0 aromatic heterocycles. The summed E-state index contributed by atoms with van der Waals surface area (Å²) < 4.78 is 18.4. The molecule has 1 amide bonds. The van der Waals surface area contributed by atoms with Crippen LogP contribution in [0.25, 0.3) is 0 Å². The van der Waals surface area contributed by atoms with Gasteiger partial charge < -0.3 is 24.0 Å². The predicted molar refractivity (Wildman–Crippen MR) is 275 cm³/mol. The van der Waals surface area contributed by atoms with E-state index in [9.17, 15) is 9.59 Å². The highest BCUT2D eigenvalue weighted by Gasteiger charge is 2.40. The summed E-state index contributed by atoms with van der Waals surface area (Å²) in [6.45, 7) is 9.45. The van der Waals surface area contributed by atoms with Crippen molar-refractivity contribution >= 4 is 11.9 Å². The van der Waals surface area contributed by atoms with Crippen molar-refractivity contribution in [1.29, 1.82) is 0 Å². The Kier molecular flexibility index (Phi) is 41.3. The number of rotatable bonds is 44. The molecule has 7 heteroatoms. The van der Waals surface area contributed by atoms with Crippen molar-refractivity contribution in [2.45, 2.75) is 226 Å². The number of hydrogen-bond acceptors (Lipinski definition) is 6. The van der Waals surface area contributed by atoms with Gasteiger partial charge in [-0.15, -0.1) is 0 Å². The van der Waals surface area contributed by atoms with Gasteiger partial charge in [0, 0.05) is 45.7 Å². The lowest BCUT2D eigenvalue weighted by atomic mass is 9.87. The van der Waals surface area contributed by atoms with Crippen LogP contribution in [0, 0.1) is 11.8 Å². The summed E-state index contributed by atoms with van der Waals surface area (Å²) in [4.78, 5) is 30.5. The van der Waals surface area contributed by atoms with Gasteiger partial charge in [0.1, 0.15) is 12.7 Å². The van der Waals surface area contributed by atoms with E-state index in [-0.39, 0.29) is 42.5 Å². The maximum Gasteiger partial charge on any atom is 0.306 e. The molecule has 4 unspecified atom stereocenters. The molecular formula is C57H102N2O5. The highest BCUT2D eigenvalue weighted by atomic mass is 16.6. The van der Waals surface area contributed by atoms with Crippen LogP contribution in [0.15, 0.2) is 60.8 Å². The van der Waals surface area contributed by atoms with Crippen LogP contribution in [-0.4, -0.2) is 87.9 Å². The fourth-order valence-corrected chi connectivity index (χ4v) is 8.66. The zero-order valence-electron chi connectivity index (χ0n) is 42.8. The first-order valence-electron chi connectivity index (χ1n) is 26.8. The Bertz CT molecular complexity index is 1220. The molecular weight excluding hydrogens is 793 g/mol. The van der Waals surface area contributed by atoms with E-state index in [1.165, 1.54) is 122 Å². The first kappa shape index (κ1) is 59.5. The van der Waals surface area contributed by atoms with E-state index in [4.69, 9.17) is 14.2 Å². The van der Waals surface area contributed by atoms with E-state index >= 15 is 0 Å². The van der Waals surface area contributed by atoms with E-state index < -0.39 is 0 Å². The number of amides is 1. The summed E-state index contributed by atoms with van der Waals surface area (Å²) in [5.41, 5.74) is 0. The Morgan fingerprint density at radius 3 is 1.62 bits per heavy atom. The summed E-state index contributed by atoms with van der Waals surface area (Å²) in [5.74, 6) is 0.462. The smallest absolute Gasteiger partial charge is 0.306 e. The molecule has 1 saturated carbocycles. The first-order valence-corrected chi connectivity index (χ1v) is 26.8. The summed E-state index contributed by atoms with van der Waals surface area (Å²) in [5, 5.41) is 0. The average Bonchev–Trinajstić information content (AvgIpc) is 3.68. The number of esters is 1. The fourth-order valence-electron chi connectivity index (χ4n) is 8.66. The second-order valence-corrected chi connectivity index (χ2v) is 18.9. The van der Waals surface area contributed by atoms with E-state index in [1.807, 2.05) is 26.0 Å². The lowest BCUT2D eigenvalue weighted by Gasteiger charge is -2.32. The van der Waals surface area contributed by atoms with Gasteiger partial charge in [0.2, 0.25) is 5.91 Å². The Morgan fingerprint density at radius 2 is 1.09 bits per heavy atom. The normalized spacial score (nSPS) is 17.5. The summed E-state index contributed by atoms with van der Waals surface area (Å²) in [6, 6.07) is 0.146. The van der Waals surface area contributed by atoms with Crippen molar-refractivity contribution in [2.75, 3.05) is 54.1 Å². The van der Waals surface area contributed by atoms with Crippen molar-refractivity contribution in [3.05, 3.63) is 60.8 Å². The van der Waals surface area contributed by atoms with Gasteiger partial charge in [0.05, 0.1) is 6.61 Å². The van der Waals surface area contributed by atoms with Crippen LogP contribution in [0.3, 0.4) is 0 Å². The van der Waals surface area contributed by atoms with Gasteiger partial charge >= 0.3 is 5.97 Å². The average molecular weight is 895 g/mol. The molecule has 370 valence electrons. The van der Waals surface area contributed by atoms with Crippen LogP contribution in [0.4, 0.5) is 0 Å². The standard InChI is InChI=1S/C57H102N2O5/c1-7-10-13-15-17-19-21-23-25-27-29-31-33-35-37-40-47-62-50-53(63-48-41-38-36-34-32-30-28-26-24-22-20-18-16-14-11-8-2)51-64-57(61)49-52-43-44-55(54(52)42-39-12-9-3)59(6)56(60)45-46-58(4)5/h12,17-20,23-26,39,52-55H,7-11,13-16,21-22,27-38,40-51H2,1-6H3/b19-17-,20-18-,25-23-,26-24-,39-12-. The van der Waals surface area contributed by atoms with E-state index in [0.29, 0.717) is 32.7 Å². The molecule has 0 spiro atoms. The van der Waals surface area contributed by atoms with Crippen LogP contribution < -0.4 is 0 Å². The molecule has 0 radical (unpaired) electrons. The molecule has 0 aromatic carbocycles. The first-order chi connectivity index (χ1) is 31.3. The van der Waals surface area contributed by atoms with Crippen molar-refractivity contribution in [2.24, 2.45) is 11.8 Å². The lowest BCUT2D eigenvalue weighted by Crippen LogP contribution is -2.41. The summed E-state index contributed by atoms with van der Waals surface area (Å²) >= 11 is 0. The lowest BCUT2D eigenvalue weighted by molar-refractivity contribution is -0.151. The zero-order chi connectivity index (χ0) is 46.6. The topological polar surface area (TPSA) is 68.3 Å². The van der Waals surface area contributed by atoms with Crippen LogP contribution in [0.5, 0.6) is 0 Å². The maximum absolute atomic E-state index is 13.4. The molecule has 0 aromatic rings. The van der Waals surface area contributed by atoms with E-state index in [0.717, 1.165) is 64.3 Å². The molecule has 0 aliphatic heterocycles. The predicted octanol–water partition coefficient (Wildman–Crippen LogP) is 15.1. The minimum absolute atomic E-state index is 0.146. The molecule has 1 aliphatic rings. The van der Waals surface area contributed by atoms with Gasteiger partial charge in [-0.3, -0.25) is 9.59 Å². The molecule has 1 fully saturated rings. The molecule has 0 saturated heterocycles. The molecule has 1 rings (SSSR count). The Labute approximate surface area is 396 Å². The molecule has 4 atom stereocenters. The van der Waals surface area contributed by atoms with Crippen molar-refractivity contribution in [3.63, 3.8) is 0 Å². The third-order valence-electron chi connectivity index (χ3n) is 12.8. The van der Waals surface area contributed by atoms with Gasteiger partial charge in [-0.05, 0) is 129 Å². The number of nitrogens with zero attached hydrogens (tertiary/aromatic N) is 2. The van der Waals surface area contributed by atoms with Gasteiger partial charge in [-0.25, -0.2) is 0 Å². The Morgan fingerprint density at radius 1 is 0.578 bits per heavy atom. The molecule has 7 nitrogen and oxygen atoms in total. The number of carbonyl (C=O) groups excluding carboxylic acids is 2. The Hall–Kier alpha value is -2.48. The number of unbranched alkanes of at least 4 members (excludes halogenated alkanes) is 18. The van der Waals surface area contributed by atoms with E-state index in [1.54, 1.807) is 0 Å². The number of ether oxygens (including phenoxy) is 3. The van der Waals surface area contributed by atoms with Gasteiger partial charge in [-0.1, -0.05) is 159 Å². The van der Waals surface area contributed by atoms with Gasteiger partial charge in [0.25, 0.3) is 0 Å². The Balaban J connectivity index is 2.51. The van der Waals surface area contributed by atoms with Crippen LogP contribution in [0.1, 0.15) is 213 Å². The summed E-state index contributed by atoms with van der Waals surface area (Å²) in [6.07, 6.45) is 56.7. The minimum atomic E-state index is -0.258. The van der Waals surface area contributed by atoms with E-state index in [2.05, 4.69) is 86.4 Å². The number of carbonyl (C=O) groups is 2. The highest BCUT2D eigenvalue weighted by Crippen LogP contribution is 2.40. The zero-order valence-corrected chi connectivity index (χ0v) is 42.8. The monoisotopic (exact) mass is 895 g/mol. The summed E-state index contributed by atoms with van der Waals surface area (Å²) in [7, 11) is 5.96. The molecule has 1 aliphatic carbocycles. The molecule has 0 bridgehead atoms. The third kappa shape index (κ3) is 34.8. The largest absolute Gasteiger partial charge is 0.463 e. The van der Waals surface area contributed by atoms with Crippen molar-refractivity contribution in [1.82, 2.24) is 9.80 Å². The van der Waals surface area contributed by atoms with Crippen LogP contribution >= 0.6 is 0 Å². The van der Waals surface area contributed by atoms with Gasteiger partial charge in [0.15, 0.2) is 0 Å². The number of allylic oxidation sites excluding steroid dienone is 10. The SMILES string of the molecule is CC/C=C\CC1C(CC(=O)OCC(COCCCCCCCC/C=C\C/C=C\CCCCC)OCCCCCCCC/C=C\C/C=C\CCCCC)CCC1N(C)C(=O)CCN(C)C. The van der Waals surface area contributed by atoms with Crippen molar-refractivity contribution in [3.8, 4) is 0 Å². The van der Waals surface area contributed by atoms with Crippen LogP contribution in [-0.2, 0) is 23.8 Å². The number of hydrogen-bond donors (Lipinski definition) is 0. The molecule has 0 heterocycles. The quantitative estimate of drug-likeness (QED) is 0.0345.